The third-order valence-corrected chi connectivity index (χ3v) is 2.51. The molecule has 1 aromatic carbocycles. The number of carbonyl (C=O) groups excluding carboxylic acids is 1. The average Bonchev–Trinajstić information content (AvgIpc) is 2.36. The number of ether oxygens (including phenoxy) is 2. The Morgan fingerprint density at radius 1 is 1.68 bits per heavy atom. The van der Waals surface area contributed by atoms with E-state index in [0.29, 0.717) is 21.5 Å². The van der Waals surface area contributed by atoms with Crippen molar-refractivity contribution in [3.05, 3.63) is 22.2 Å². The summed E-state index contributed by atoms with van der Waals surface area (Å²) in [6.07, 6.45) is 1.39. The summed E-state index contributed by atoms with van der Waals surface area (Å²) < 4.78 is 11.0. The first-order chi connectivity index (χ1) is 9.08. The van der Waals surface area contributed by atoms with E-state index in [2.05, 4.69) is 26.5 Å². The van der Waals surface area contributed by atoms with Gasteiger partial charge in [-0.3, -0.25) is 0 Å². The SMILES string of the molecule is COc1cc(/C=N/NC(N)=O)cc(Br)c1OCC#N. The number of nitriles is 1. The Balaban J connectivity index is 2.99. The summed E-state index contributed by atoms with van der Waals surface area (Å²) in [5.41, 5.74) is 7.61. The zero-order valence-corrected chi connectivity index (χ0v) is 11.6. The number of nitrogens with zero attached hydrogens (tertiary/aromatic N) is 2. The Kier molecular flexibility index (Phi) is 5.63. The minimum atomic E-state index is -0.753. The molecule has 0 saturated carbocycles. The fourth-order valence-corrected chi connectivity index (χ4v) is 1.80. The van der Waals surface area contributed by atoms with Crippen molar-refractivity contribution in [1.29, 1.82) is 5.26 Å². The summed E-state index contributed by atoms with van der Waals surface area (Å²) in [6.45, 7) is -0.0916. The van der Waals surface area contributed by atoms with Crippen molar-refractivity contribution in [1.82, 2.24) is 5.43 Å². The first kappa shape index (κ1) is 14.8. The van der Waals surface area contributed by atoms with Gasteiger partial charge < -0.3 is 15.2 Å². The van der Waals surface area contributed by atoms with Crippen LogP contribution in [-0.2, 0) is 0 Å². The Bertz CT molecular complexity index is 539. The third kappa shape index (κ3) is 4.48. The number of hydrogen-bond donors (Lipinski definition) is 2. The maximum atomic E-state index is 10.5. The first-order valence-electron chi connectivity index (χ1n) is 5.04. The van der Waals surface area contributed by atoms with Crippen LogP contribution in [0.5, 0.6) is 11.5 Å². The number of benzene rings is 1. The molecule has 0 radical (unpaired) electrons. The molecule has 0 aromatic heterocycles. The van der Waals surface area contributed by atoms with Crippen molar-refractivity contribution in [2.45, 2.75) is 0 Å². The summed E-state index contributed by atoms with van der Waals surface area (Å²) in [5, 5.41) is 12.1. The second kappa shape index (κ2) is 7.23. The Labute approximate surface area is 118 Å². The van der Waals surface area contributed by atoms with Crippen LogP contribution in [0.2, 0.25) is 0 Å². The number of nitrogens with one attached hydrogen (secondary N) is 1. The molecule has 2 amide bonds. The molecule has 1 rings (SSSR count). The average molecular weight is 327 g/mol. The Hall–Kier alpha value is -2.27. The maximum Gasteiger partial charge on any atom is 0.332 e. The van der Waals surface area contributed by atoms with Crippen molar-refractivity contribution >= 4 is 28.2 Å². The molecule has 0 aliphatic rings. The zero-order valence-electron chi connectivity index (χ0n) is 10.0. The van der Waals surface area contributed by atoms with Crippen molar-refractivity contribution in [3.8, 4) is 17.6 Å². The number of primary amides is 1. The molecule has 19 heavy (non-hydrogen) atoms. The van der Waals surface area contributed by atoms with Crippen LogP contribution in [0.15, 0.2) is 21.7 Å². The lowest BCUT2D eigenvalue weighted by molar-refractivity contribution is 0.249. The van der Waals surface area contributed by atoms with Gasteiger partial charge in [0.05, 0.1) is 17.8 Å². The van der Waals surface area contributed by atoms with E-state index in [0.717, 1.165) is 0 Å². The fourth-order valence-electron chi connectivity index (χ4n) is 1.23. The monoisotopic (exact) mass is 326 g/mol. The van der Waals surface area contributed by atoms with Crippen LogP contribution in [0.3, 0.4) is 0 Å². The molecule has 100 valence electrons. The van der Waals surface area contributed by atoms with Gasteiger partial charge in [-0.2, -0.15) is 10.4 Å². The molecule has 0 saturated heterocycles. The number of rotatable bonds is 5. The molecule has 0 aliphatic carbocycles. The quantitative estimate of drug-likeness (QED) is 0.628. The summed E-state index contributed by atoms with van der Waals surface area (Å²) in [5.74, 6) is 0.856. The van der Waals surface area contributed by atoms with E-state index >= 15 is 0 Å². The number of hydrazone groups is 1. The highest BCUT2D eigenvalue weighted by Gasteiger charge is 2.10. The smallest absolute Gasteiger partial charge is 0.332 e. The molecule has 0 atom stereocenters. The van der Waals surface area contributed by atoms with Gasteiger partial charge in [0.2, 0.25) is 0 Å². The number of amides is 2. The van der Waals surface area contributed by atoms with Crippen LogP contribution in [0.25, 0.3) is 0 Å². The van der Waals surface area contributed by atoms with Gasteiger partial charge in [0, 0.05) is 0 Å². The molecule has 0 spiro atoms. The lowest BCUT2D eigenvalue weighted by Gasteiger charge is -2.11. The van der Waals surface area contributed by atoms with Gasteiger partial charge in [0.15, 0.2) is 18.1 Å². The van der Waals surface area contributed by atoms with E-state index in [1.807, 2.05) is 6.07 Å². The molecule has 0 unspecified atom stereocenters. The number of hydrogen-bond acceptors (Lipinski definition) is 5. The first-order valence-corrected chi connectivity index (χ1v) is 5.83. The normalized spacial score (nSPS) is 9.95. The van der Waals surface area contributed by atoms with Crippen LogP contribution in [0.4, 0.5) is 4.79 Å². The highest BCUT2D eigenvalue weighted by molar-refractivity contribution is 9.10. The number of halogens is 1. The largest absolute Gasteiger partial charge is 0.493 e. The van der Waals surface area contributed by atoms with Crippen molar-refractivity contribution in [2.75, 3.05) is 13.7 Å². The predicted molar refractivity (Wildman–Crippen MR) is 72.1 cm³/mol. The second-order valence-electron chi connectivity index (χ2n) is 3.22. The topological polar surface area (TPSA) is 110 Å². The summed E-state index contributed by atoms with van der Waals surface area (Å²) in [4.78, 5) is 10.5. The minimum absolute atomic E-state index is 0.0916. The Morgan fingerprint density at radius 3 is 3.00 bits per heavy atom. The molecule has 0 aliphatic heterocycles. The standard InChI is InChI=1S/C11H11BrN4O3/c1-18-9-5-7(6-15-16-11(14)17)4-8(12)10(9)19-3-2-13/h4-6H,3H2,1H3,(H3,14,16,17)/b15-6+. The zero-order chi connectivity index (χ0) is 14.3. The summed E-state index contributed by atoms with van der Waals surface area (Å²) in [6, 6.07) is 4.45. The van der Waals surface area contributed by atoms with Crippen LogP contribution in [0, 0.1) is 11.3 Å². The molecular formula is C11H11BrN4O3. The predicted octanol–water partition coefficient (Wildman–Crippen LogP) is 1.36. The van der Waals surface area contributed by atoms with Crippen molar-refractivity contribution in [2.24, 2.45) is 10.8 Å². The number of methoxy groups -OCH3 is 1. The molecule has 0 heterocycles. The van der Waals surface area contributed by atoms with Gasteiger partial charge in [0.25, 0.3) is 0 Å². The van der Waals surface area contributed by atoms with Gasteiger partial charge in [-0.05, 0) is 33.6 Å². The van der Waals surface area contributed by atoms with E-state index in [-0.39, 0.29) is 6.61 Å². The molecule has 3 N–H and O–H groups in total. The van der Waals surface area contributed by atoms with E-state index in [9.17, 15) is 4.79 Å². The second-order valence-corrected chi connectivity index (χ2v) is 4.07. The van der Waals surface area contributed by atoms with Gasteiger partial charge in [-0.25, -0.2) is 10.2 Å². The van der Waals surface area contributed by atoms with Gasteiger partial charge in [-0.1, -0.05) is 0 Å². The van der Waals surface area contributed by atoms with Crippen LogP contribution in [-0.4, -0.2) is 26.0 Å². The van der Waals surface area contributed by atoms with E-state index in [4.69, 9.17) is 20.5 Å². The lowest BCUT2D eigenvalue weighted by atomic mass is 10.2. The number of carbonyl (C=O) groups is 1. The van der Waals surface area contributed by atoms with Crippen LogP contribution < -0.4 is 20.6 Å². The number of urea groups is 1. The maximum absolute atomic E-state index is 10.5. The Morgan fingerprint density at radius 2 is 2.42 bits per heavy atom. The highest BCUT2D eigenvalue weighted by atomic mass is 79.9. The van der Waals surface area contributed by atoms with Crippen LogP contribution in [0.1, 0.15) is 5.56 Å². The molecule has 0 fully saturated rings. The van der Waals surface area contributed by atoms with Gasteiger partial charge in [-0.15, -0.1) is 0 Å². The van der Waals surface area contributed by atoms with E-state index in [1.54, 1.807) is 12.1 Å². The molecular weight excluding hydrogens is 316 g/mol. The van der Waals surface area contributed by atoms with Crippen LogP contribution >= 0.6 is 15.9 Å². The molecule has 7 nitrogen and oxygen atoms in total. The highest BCUT2D eigenvalue weighted by Crippen LogP contribution is 2.36. The fraction of sp³-hybridized carbons (Fsp3) is 0.182. The van der Waals surface area contributed by atoms with E-state index < -0.39 is 6.03 Å². The van der Waals surface area contributed by atoms with Crippen molar-refractivity contribution < 1.29 is 14.3 Å². The van der Waals surface area contributed by atoms with Gasteiger partial charge in [0.1, 0.15) is 6.07 Å². The molecule has 1 aromatic rings. The van der Waals surface area contributed by atoms with E-state index in [1.165, 1.54) is 13.3 Å². The minimum Gasteiger partial charge on any atom is -0.493 e. The molecule has 0 bridgehead atoms. The molecule has 8 heteroatoms. The summed E-state index contributed by atoms with van der Waals surface area (Å²) in [7, 11) is 1.48. The van der Waals surface area contributed by atoms with Gasteiger partial charge >= 0.3 is 6.03 Å². The van der Waals surface area contributed by atoms with Crippen molar-refractivity contribution in [3.63, 3.8) is 0 Å². The number of nitrogens with two attached hydrogens (primary N) is 1. The third-order valence-electron chi connectivity index (χ3n) is 1.92. The lowest BCUT2D eigenvalue weighted by Crippen LogP contribution is -2.24. The summed E-state index contributed by atoms with van der Waals surface area (Å²) >= 11 is 3.30.